The lowest BCUT2D eigenvalue weighted by Crippen LogP contribution is -2.05. The number of benzene rings is 1. The summed E-state index contributed by atoms with van der Waals surface area (Å²) in [7, 11) is 5.26. The third-order valence-electron chi connectivity index (χ3n) is 3.23. The summed E-state index contributed by atoms with van der Waals surface area (Å²) in [4.78, 5) is 6.11. The number of nitrogens with zero attached hydrogens (tertiary/aromatic N) is 1. The number of aromatic nitrogens is 1. The molecule has 5 heteroatoms. The van der Waals surface area contributed by atoms with Gasteiger partial charge in [-0.3, -0.25) is 0 Å². The van der Waals surface area contributed by atoms with Gasteiger partial charge in [0.25, 0.3) is 0 Å². The molecule has 0 fully saturated rings. The van der Waals surface area contributed by atoms with E-state index in [1.165, 1.54) is 10.6 Å². The molecular formula is C16H22N2O2S. The minimum Gasteiger partial charge on any atom is -0.493 e. The van der Waals surface area contributed by atoms with Gasteiger partial charge in [-0.25, -0.2) is 4.98 Å². The third kappa shape index (κ3) is 3.54. The number of thiazole rings is 1. The minimum absolute atomic E-state index is 0.734. The van der Waals surface area contributed by atoms with E-state index in [4.69, 9.17) is 14.5 Å². The topological polar surface area (TPSA) is 43.4 Å². The van der Waals surface area contributed by atoms with Crippen molar-refractivity contribution in [1.29, 1.82) is 0 Å². The molecule has 4 nitrogen and oxygen atoms in total. The molecule has 114 valence electrons. The van der Waals surface area contributed by atoms with Gasteiger partial charge in [-0.15, -0.1) is 11.3 Å². The lowest BCUT2D eigenvalue weighted by Gasteiger charge is -2.08. The van der Waals surface area contributed by atoms with Gasteiger partial charge >= 0.3 is 0 Å². The highest BCUT2D eigenvalue weighted by atomic mass is 32.1. The van der Waals surface area contributed by atoms with E-state index in [0.29, 0.717) is 0 Å². The van der Waals surface area contributed by atoms with Crippen LogP contribution in [0.2, 0.25) is 0 Å². The summed E-state index contributed by atoms with van der Waals surface area (Å²) in [5, 5.41) is 4.25. The van der Waals surface area contributed by atoms with E-state index < -0.39 is 0 Å². The second kappa shape index (κ2) is 7.43. The lowest BCUT2D eigenvalue weighted by atomic mass is 10.2. The first-order chi connectivity index (χ1) is 10.2. The molecule has 0 aliphatic carbocycles. The Labute approximate surface area is 130 Å². The van der Waals surface area contributed by atoms with E-state index in [-0.39, 0.29) is 0 Å². The first-order valence-electron chi connectivity index (χ1n) is 7.09. The zero-order chi connectivity index (χ0) is 15.2. The van der Waals surface area contributed by atoms with E-state index in [0.717, 1.165) is 41.5 Å². The third-order valence-corrected chi connectivity index (χ3v) is 4.38. The molecule has 0 spiro atoms. The predicted molar refractivity (Wildman–Crippen MR) is 87.4 cm³/mol. The zero-order valence-electron chi connectivity index (χ0n) is 13.0. The van der Waals surface area contributed by atoms with Crippen LogP contribution >= 0.6 is 11.3 Å². The van der Waals surface area contributed by atoms with Crippen molar-refractivity contribution in [3.63, 3.8) is 0 Å². The highest BCUT2D eigenvalue weighted by Gasteiger charge is 2.13. The fraction of sp³-hybridized carbons (Fsp3) is 0.438. The van der Waals surface area contributed by atoms with Crippen LogP contribution in [-0.2, 0) is 13.0 Å². The number of rotatable bonds is 7. The van der Waals surface area contributed by atoms with Crippen LogP contribution in [0.5, 0.6) is 11.5 Å². The van der Waals surface area contributed by atoms with Crippen LogP contribution in [0.1, 0.15) is 23.9 Å². The van der Waals surface area contributed by atoms with Crippen molar-refractivity contribution in [3.05, 3.63) is 28.8 Å². The molecule has 0 bridgehead atoms. The maximum absolute atomic E-state index is 5.37. The van der Waals surface area contributed by atoms with E-state index in [1.807, 2.05) is 25.2 Å². The number of hydrogen-bond acceptors (Lipinski definition) is 5. The summed E-state index contributed by atoms with van der Waals surface area (Å²) < 4.78 is 10.7. The van der Waals surface area contributed by atoms with Gasteiger partial charge in [0.1, 0.15) is 5.01 Å². The Hall–Kier alpha value is -1.59. The van der Waals surface area contributed by atoms with Crippen LogP contribution in [0.3, 0.4) is 0 Å². The summed E-state index contributed by atoms with van der Waals surface area (Å²) in [6.07, 6.45) is 2.12. The predicted octanol–water partition coefficient (Wildman–Crippen LogP) is 3.50. The Bertz CT molecular complexity index is 572. The molecule has 1 aromatic heterocycles. The largest absolute Gasteiger partial charge is 0.493 e. The van der Waals surface area contributed by atoms with Crippen LogP contribution in [0.25, 0.3) is 10.6 Å². The molecule has 1 heterocycles. The summed E-state index contributed by atoms with van der Waals surface area (Å²) in [6.45, 7) is 3.04. The Kier molecular flexibility index (Phi) is 5.59. The standard InChI is InChI=1S/C16H22N2O2S/c1-5-6-12-15(10-17-2)21-16(18-12)11-7-8-13(19-3)14(9-11)20-4/h7-9,17H,5-6,10H2,1-4H3. The highest BCUT2D eigenvalue weighted by Crippen LogP contribution is 2.35. The summed E-state index contributed by atoms with van der Waals surface area (Å²) in [5.41, 5.74) is 2.26. The van der Waals surface area contributed by atoms with Crippen molar-refractivity contribution in [2.45, 2.75) is 26.3 Å². The number of ether oxygens (including phenoxy) is 2. The monoisotopic (exact) mass is 306 g/mol. The molecule has 0 radical (unpaired) electrons. The SMILES string of the molecule is CCCc1nc(-c2ccc(OC)c(OC)c2)sc1CNC. The van der Waals surface area contributed by atoms with Crippen molar-refractivity contribution < 1.29 is 9.47 Å². The molecule has 2 rings (SSSR count). The second-order valence-corrected chi connectivity index (χ2v) is 5.82. The number of hydrogen-bond donors (Lipinski definition) is 1. The maximum atomic E-state index is 5.37. The van der Waals surface area contributed by atoms with Crippen LogP contribution in [0, 0.1) is 0 Å². The van der Waals surface area contributed by atoms with Crippen molar-refractivity contribution in [2.75, 3.05) is 21.3 Å². The number of methoxy groups -OCH3 is 2. The van der Waals surface area contributed by atoms with Crippen LogP contribution in [0.4, 0.5) is 0 Å². The summed E-state index contributed by atoms with van der Waals surface area (Å²) >= 11 is 1.74. The smallest absolute Gasteiger partial charge is 0.161 e. The number of nitrogens with one attached hydrogen (secondary N) is 1. The van der Waals surface area contributed by atoms with Gasteiger partial charge in [0, 0.05) is 17.0 Å². The number of aryl methyl sites for hydroxylation is 1. The average molecular weight is 306 g/mol. The van der Waals surface area contributed by atoms with Crippen molar-refractivity contribution in [3.8, 4) is 22.1 Å². The zero-order valence-corrected chi connectivity index (χ0v) is 13.8. The second-order valence-electron chi connectivity index (χ2n) is 4.74. The van der Waals surface area contributed by atoms with E-state index >= 15 is 0 Å². The van der Waals surface area contributed by atoms with Gasteiger partial charge in [0.05, 0.1) is 19.9 Å². The summed E-state index contributed by atoms with van der Waals surface area (Å²) in [6, 6.07) is 5.93. The van der Waals surface area contributed by atoms with E-state index in [2.05, 4.69) is 12.2 Å². The molecule has 0 amide bonds. The van der Waals surface area contributed by atoms with Crippen LogP contribution in [-0.4, -0.2) is 26.3 Å². The summed E-state index contributed by atoms with van der Waals surface area (Å²) in [5.74, 6) is 1.47. The van der Waals surface area contributed by atoms with E-state index in [9.17, 15) is 0 Å². The lowest BCUT2D eigenvalue weighted by molar-refractivity contribution is 0.355. The van der Waals surface area contributed by atoms with Gasteiger partial charge in [-0.05, 0) is 31.7 Å². The van der Waals surface area contributed by atoms with Crippen molar-refractivity contribution in [2.24, 2.45) is 0 Å². The molecule has 0 saturated carbocycles. The molecule has 0 aliphatic heterocycles. The van der Waals surface area contributed by atoms with Crippen LogP contribution < -0.4 is 14.8 Å². The first-order valence-corrected chi connectivity index (χ1v) is 7.90. The van der Waals surface area contributed by atoms with Gasteiger partial charge in [-0.1, -0.05) is 13.3 Å². The minimum atomic E-state index is 0.734. The quantitative estimate of drug-likeness (QED) is 0.850. The normalized spacial score (nSPS) is 10.7. The Morgan fingerprint density at radius 1 is 1.19 bits per heavy atom. The Morgan fingerprint density at radius 2 is 1.95 bits per heavy atom. The van der Waals surface area contributed by atoms with Crippen molar-refractivity contribution >= 4 is 11.3 Å². The van der Waals surface area contributed by atoms with Gasteiger partial charge in [0.2, 0.25) is 0 Å². The maximum Gasteiger partial charge on any atom is 0.161 e. The van der Waals surface area contributed by atoms with Gasteiger partial charge < -0.3 is 14.8 Å². The average Bonchev–Trinajstić information content (AvgIpc) is 2.90. The Balaban J connectivity index is 2.39. The fourth-order valence-corrected chi connectivity index (χ4v) is 3.32. The highest BCUT2D eigenvalue weighted by molar-refractivity contribution is 7.15. The first kappa shape index (κ1) is 15.8. The molecular weight excluding hydrogens is 284 g/mol. The molecule has 0 atom stereocenters. The molecule has 1 aromatic carbocycles. The van der Waals surface area contributed by atoms with Gasteiger partial charge in [0.15, 0.2) is 11.5 Å². The van der Waals surface area contributed by atoms with Crippen molar-refractivity contribution in [1.82, 2.24) is 10.3 Å². The van der Waals surface area contributed by atoms with E-state index in [1.54, 1.807) is 25.6 Å². The van der Waals surface area contributed by atoms with Gasteiger partial charge in [-0.2, -0.15) is 0 Å². The molecule has 0 aliphatic rings. The molecule has 21 heavy (non-hydrogen) atoms. The molecule has 2 aromatic rings. The Morgan fingerprint density at radius 3 is 2.57 bits per heavy atom. The molecule has 1 N–H and O–H groups in total. The fourth-order valence-electron chi connectivity index (χ4n) is 2.21. The van der Waals surface area contributed by atoms with Crippen LogP contribution in [0.15, 0.2) is 18.2 Å². The molecule has 0 unspecified atom stereocenters. The molecule has 0 saturated heterocycles.